The summed E-state index contributed by atoms with van der Waals surface area (Å²) in [6, 6.07) is 4.41. The van der Waals surface area contributed by atoms with Crippen molar-refractivity contribution >= 4 is 17.1 Å². The molecule has 1 aliphatic heterocycles. The van der Waals surface area contributed by atoms with Crippen molar-refractivity contribution in [2.75, 3.05) is 0 Å². The molecule has 0 bridgehead atoms. The Kier molecular flexibility index (Phi) is 3.02. The molecule has 2 aliphatic carbocycles. The van der Waals surface area contributed by atoms with E-state index in [9.17, 15) is 4.79 Å². The van der Waals surface area contributed by atoms with Gasteiger partial charge in [-0.1, -0.05) is 39.5 Å². The van der Waals surface area contributed by atoms with E-state index in [1.165, 1.54) is 17.5 Å². The van der Waals surface area contributed by atoms with Crippen LogP contribution in [0.4, 0.5) is 0 Å². The Balaban J connectivity index is 2.00. The maximum absolute atomic E-state index is 13.1. The zero-order chi connectivity index (χ0) is 17.4. The number of fused-ring (bicyclic) bond motifs is 4. The highest BCUT2D eigenvalue weighted by molar-refractivity contribution is 6.33. The van der Waals surface area contributed by atoms with Crippen LogP contribution in [0.3, 0.4) is 0 Å². The van der Waals surface area contributed by atoms with Crippen LogP contribution < -0.4 is 0 Å². The number of carbonyl (C=O) groups excluding carboxylic acids is 1. The molecule has 0 radical (unpaired) electrons. The maximum atomic E-state index is 13.1. The van der Waals surface area contributed by atoms with Gasteiger partial charge in [-0.3, -0.25) is 4.79 Å². The summed E-state index contributed by atoms with van der Waals surface area (Å²) in [6.07, 6.45) is 3.37. The predicted molar refractivity (Wildman–Crippen MR) is 97.7 cm³/mol. The fourth-order valence-corrected chi connectivity index (χ4v) is 4.64. The zero-order valence-corrected chi connectivity index (χ0v) is 15.4. The van der Waals surface area contributed by atoms with Crippen molar-refractivity contribution in [3.8, 4) is 0 Å². The van der Waals surface area contributed by atoms with Gasteiger partial charge in [0.1, 0.15) is 11.4 Å². The molecule has 1 unspecified atom stereocenters. The fraction of sp³-hybridized carbons (Fsp3) is 0.500. The summed E-state index contributed by atoms with van der Waals surface area (Å²) in [5, 5.41) is 0. The molecule has 3 aliphatic rings. The Hall–Kier alpha value is -1.83. The number of hydrogen-bond donors (Lipinski definition) is 0. The fourth-order valence-electron chi connectivity index (χ4n) is 4.64. The molecule has 1 heterocycles. The van der Waals surface area contributed by atoms with Gasteiger partial charge in [-0.2, -0.15) is 0 Å². The molecule has 1 aromatic carbocycles. The number of rotatable bonds is 0. The van der Waals surface area contributed by atoms with Crippen molar-refractivity contribution in [3.05, 3.63) is 46.5 Å². The Labute approximate surface area is 144 Å². The number of hydrogen-bond acceptors (Lipinski definition) is 2. The number of carbonyl (C=O) groups is 1. The molecule has 2 heteroatoms. The summed E-state index contributed by atoms with van der Waals surface area (Å²) >= 11 is 0. The van der Waals surface area contributed by atoms with Crippen LogP contribution >= 0.6 is 0 Å². The third-order valence-electron chi connectivity index (χ3n) is 6.42. The lowest BCUT2D eigenvalue weighted by Gasteiger charge is -2.35. The molecule has 0 amide bonds. The molecular formula is C22H26O2. The highest BCUT2D eigenvalue weighted by atomic mass is 16.5. The zero-order valence-electron chi connectivity index (χ0n) is 15.4. The van der Waals surface area contributed by atoms with Crippen LogP contribution in [-0.4, -0.2) is 11.4 Å². The molecule has 0 N–H and O–H groups in total. The molecule has 0 spiro atoms. The highest BCUT2D eigenvalue weighted by Crippen LogP contribution is 2.52. The van der Waals surface area contributed by atoms with Gasteiger partial charge in [-0.25, -0.2) is 0 Å². The first-order valence-electron chi connectivity index (χ1n) is 8.99. The van der Waals surface area contributed by atoms with Crippen LogP contribution in [0.5, 0.6) is 0 Å². The normalized spacial score (nSPS) is 26.6. The quantitative estimate of drug-likeness (QED) is 0.625. The first kappa shape index (κ1) is 15.7. The van der Waals surface area contributed by atoms with E-state index in [0.717, 1.165) is 35.3 Å². The van der Waals surface area contributed by atoms with Gasteiger partial charge < -0.3 is 4.74 Å². The molecule has 0 fully saturated rings. The van der Waals surface area contributed by atoms with Gasteiger partial charge in [0, 0.05) is 22.6 Å². The minimum atomic E-state index is -0.350. The summed E-state index contributed by atoms with van der Waals surface area (Å²) in [4.78, 5) is 13.1. The topological polar surface area (TPSA) is 26.3 Å². The van der Waals surface area contributed by atoms with E-state index >= 15 is 0 Å². The van der Waals surface area contributed by atoms with Crippen molar-refractivity contribution in [2.24, 2.45) is 5.92 Å². The second kappa shape index (κ2) is 4.62. The van der Waals surface area contributed by atoms with Crippen molar-refractivity contribution in [1.82, 2.24) is 0 Å². The van der Waals surface area contributed by atoms with Crippen LogP contribution in [0.2, 0.25) is 0 Å². The van der Waals surface area contributed by atoms with Gasteiger partial charge in [-0.05, 0) is 55.2 Å². The molecule has 126 valence electrons. The monoisotopic (exact) mass is 322 g/mol. The molecule has 1 aromatic rings. The van der Waals surface area contributed by atoms with E-state index in [1.807, 2.05) is 0 Å². The Bertz CT molecular complexity index is 821. The Morgan fingerprint density at radius 1 is 1.21 bits per heavy atom. The van der Waals surface area contributed by atoms with Gasteiger partial charge in [0.15, 0.2) is 5.78 Å². The summed E-state index contributed by atoms with van der Waals surface area (Å²) in [6.45, 7) is 15.0. The summed E-state index contributed by atoms with van der Waals surface area (Å²) in [5.41, 5.74) is 6.09. The van der Waals surface area contributed by atoms with E-state index in [0.29, 0.717) is 5.57 Å². The van der Waals surface area contributed by atoms with Crippen molar-refractivity contribution in [1.29, 1.82) is 0 Å². The number of Topliss-reactive ketones (excluding diaryl/α,β-unsaturated/α-hetero) is 1. The molecular weight excluding hydrogens is 296 g/mol. The summed E-state index contributed by atoms with van der Waals surface area (Å²) < 4.78 is 6.27. The van der Waals surface area contributed by atoms with Crippen LogP contribution in [-0.2, 0) is 21.4 Å². The van der Waals surface area contributed by atoms with Crippen LogP contribution in [0.25, 0.3) is 11.3 Å². The average Bonchev–Trinajstić information content (AvgIpc) is 2.74. The summed E-state index contributed by atoms with van der Waals surface area (Å²) in [5.74, 6) is 0.954. The SMILES string of the molecule is C=C1C(=O)C2=C(OC(C)(C)C2C)c2ccc3c(c21)CCCC3(C)C. The Morgan fingerprint density at radius 3 is 2.62 bits per heavy atom. The second-order valence-electron chi connectivity index (χ2n) is 8.73. The highest BCUT2D eigenvalue weighted by Gasteiger charge is 2.47. The van der Waals surface area contributed by atoms with Crippen LogP contribution in [0.1, 0.15) is 69.7 Å². The van der Waals surface area contributed by atoms with Gasteiger partial charge in [0.05, 0.1) is 0 Å². The van der Waals surface area contributed by atoms with Gasteiger partial charge in [-0.15, -0.1) is 0 Å². The third kappa shape index (κ3) is 1.86. The second-order valence-corrected chi connectivity index (χ2v) is 8.73. The average molecular weight is 322 g/mol. The molecule has 0 aromatic heterocycles. The minimum absolute atomic E-state index is 0.0763. The third-order valence-corrected chi connectivity index (χ3v) is 6.42. The molecule has 24 heavy (non-hydrogen) atoms. The number of ether oxygens (including phenoxy) is 1. The maximum Gasteiger partial charge on any atom is 0.193 e. The smallest absolute Gasteiger partial charge is 0.193 e. The van der Waals surface area contributed by atoms with E-state index in [-0.39, 0.29) is 22.7 Å². The number of allylic oxidation sites excluding steroid dienone is 1. The van der Waals surface area contributed by atoms with Crippen LogP contribution in [0.15, 0.2) is 24.3 Å². The van der Waals surface area contributed by atoms with Gasteiger partial charge in [0.25, 0.3) is 0 Å². The lowest BCUT2D eigenvalue weighted by atomic mass is 9.68. The van der Waals surface area contributed by atoms with Gasteiger partial charge in [0.2, 0.25) is 0 Å². The minimum Gasteiger partial charge on any atom is -0.486 e. The Morgan fingerprint density at radius 2 is 1.92 bits per heavy atom. The molecule has 0 saturated heterocycles. The molecule has 2 nitrogen and oxygen atoms in total. The van der Waals surface area contributed by atoms with Crippen molar-refractivity contribution < 1.29 is 9.53 Å². The molecule has 4 rings (SSSR count). The standard InChI is InChI=1S/C22H26O2/c1-12-17-14-8-7-11-21(3,4)16(14)10-9-15(17)20-18(19(12)23)13(2)22(5,6)24-20/h9-10,13H,1,7-8,11H2,2-6H3. The van der Waals surface area contributed by atoms with E-state index in [4.69, 9.17) is 4.74 Å². The number of ketones is 1. The molecule has 0 saturated carbocycles. The van der Waals surface area contributed by atoms with Crippen molar-refractivity contribution in [3.63, 3.8) is 0 Å². The van der Waals surface area contributed by atoms with Crippen LogP contribution in [0, 0.1) is 5.92 Å². The van der Waals surface area contributed by atoms with E-state index < -0.39 is 0 Å². The van der Waals surface area contributed by atoms with E-state index in [1.54, 1.807) is 0 Å². The predicted octanol–water partition coefficient (Wildman–Crippen LogP) is 5.05. The first-order chi connectivity index (χ1) is 11.1. The van der Waals surface area contributed by atoms with Gasteiger partial charge >= 0.3 is 0 Å². The lowest BCUT2D eigenvalue weighted by molar-refractivity contribution is -0.111. The lowest BCUT2D eigenvalue weighted by Crippen LogP contribution is -2.29. The van der Waals surface area contributed by atoms with E-state index in [2.05, 4.69) is 53.3 Å². The first-order valence-corrected chi connectivity index (χ1v) is 8.99. The summed E-state index contributed by atoms with van der Waals surface area (Å²) in [7, 11) is 0. The van der Waals surface area contributed by atoms with Crippen molar-refractivity contribution in [2.45, 2.75) is 64.9 Å². The largest absolute Gasteiger partial charge is 0.486 e. The molecule has 1 atom stereocenters. The number of benzene rings is 1.